The molecule has 8 heteroatoms. The van der Waals surface area contributed by atoms with E-state index in [-0.39, 0.29) is 22.3 Å². The Bertz CT molecular complexity index is 804. The summed E-state index contributed by atoms with van der Waals surface area (Å²) in [6.07, 6.45) is 0.308. The largest absolute Gasteiger partial charge is 0.228 e. The summed E-state index contributed by atoms with van der Waals surface area (Å²) in [6.45, 7) is 0. The Labute approximate surface area is 128 Å². The van der Waals surface area contributed by atoms with E-state index < -0.39 is 15.7 Å². The highest BCUT2D eigenvalue weighted by Crippen LogP contribution is 2.30. The van der Waals surface area contributed by atoms with E-state index in [9.17, 15) is 12.8 Å². The zero-order valence-corrected chi connectivity index (χ0v) is 13.3. The summed E-state index contributed by atoms with van der Waals surface area (Å²) in [5, 5.41) is 4.40. The lowest BCUT2D eigenvalue weighted by molar-refractivity contribution is 0.590. The van der Waals surface area contributed by atoms with Crippen LogP contribution in [-0.2, 0) is 22.0 Å². The molecule has 0 saturated carbocycles. The number of nitrogens with zero attached hydrogens (tertiary/aromatic N) is 2. The van der Waals surface area contributed by atoms with Crippen LogP contribution in [-0.4, -0.2) is 24.0 Å². The molecule has 0 N–H and O–H groups in total. The molecule has 3 rings (SSSR count). The van der Waals surface area contributed by atoms with E-state index in [0.717, 1.165) is 0 Å². The average Bonchev–Trinajstić information content (AvgIpc) is 2.66. The number of hydrogen-bond donors (Lipinski definition) is 0. The summed E-state index contributed by atoms with van der Waals surface area (Å²) < 4.78 is 39.1. The molecule has 0 atom stereocenters. The fourth-order valence-corrected chi connectivity index (χ4v) is 4.28. The van der Waals surface area contributed by atoms with Crippen LogP contribution < -0.4 is 0 Å². The van der Waals surface area contributed by atoms with Gasteiger partial charge in [0.15, 0.2) is 9.84 Å². The fraction of sp³-hybridized carbons (Fsp3) is 0.250. The standard InChI is InChI=1S/C12H9BrClFN2O2S/c13-7-1-2-11(9(15)5-7)17-12(14)8-6-20(18,19)4-3-10(8)16-17/h1-2,5H,3-4,6H2. The molecule has 1 aromatic carbocycles. The van der Waals surface area contributed by atoms with Crippen LogP contribution in [0.2, 0.25) is 5.15 Å². The molecule has 0 saturated heterocycles. The summed E-state index contributed by atoms with van der Waals surface area (Å²) in [5.41, 5.74) is 1.29. The van der Waals surface area contributed by atoms with Gasteiger partial charge in [-0.1, -0.05) is 27.5 Å². The average molecular weight is 380 g/mol. The predicted octanol–water partition coefficient (Wildman–Crippen LogP) is 2.90. The Morgan fingerprint density at radius 2 is 2.15 bits per heavy atom. The van der Waals surface area contributed by atoms with Gasteiger partial charge in [-0.2, -0.15) is 5.10 Å². The first kappa shape index (κ1) is 14.0. The molecular formula is C12H9BrClFN2O2S. The SMILES string of the molecule is O=S1(=O)CCc2nn(-c3ccc(Br)cc3F)c(Cl)c2C1. The van der Waals surface area contributed by atoms with Crippen LogP contribution in [0.15, 0.2) is 22.7 Å². The van der Waals surface area contributed by atoms with Gasteiger partial charge in [-0.25, -0.2) is 17.5 Å². The molecule has 1 aliphatic heterocycles. The predicted molar refractivity (Wildman–Crippen MR) is 77.4 cm³/mol. The van der Waals surface area contributed by atoms with E-state index in [1.807, 2.05) is 0 Å². The Hall–Kier alpha value is -0.920. The molecule has 1 aliphatic rings. The van der Waals surface area contributed by atoms with Crippen molar-refractivity contribution in [2.75, 3.05) is 5.75 Å². The zero-order valence-electron chi connectivity index (χ0n) is 10.1. The third kappa shape index (κ3) is 2.38. The molecule has 0 bridgehead atoms. The second-order valence-corrected chi connectivity index (χ2v) is 8.02. The molecule has 106 valence electrons. The van der Waals surface area contributed by atoms with Gasteiger partial charge in [0.25, 0.3) is 0 Å². The number of fused-ring (bicyclic) bond motifs is 1. The van der Waals surface area contributed by atoms with Crippen molar-refractivity contribution in [2.45, 2.75) is 12.2 Å². The number of aromatic nitrogens is 2. The van der Waals surface area contributed by atoms with Gasteiger partial charge in [-0.05, 0) is 18.2 Å². The molecule has 0 fully saturated rings. The lowest BCUT2D eigenvalue weighted by Gasteiger charge is -2.10. The van der Waals surface area contributed by atoms with Crippen molar-refractivity contribution >= 4 is 37.4 Å². The van der Waals surface area contributed by atoms with Gasteiger partial charge in [0.1, 0.15) is 16.7 Å². The van der Waals surface area contributed by atoms with E-state index in [4.69, 9.17) is 11.6 Å². The molecule has 0 amide bonds. The monoisotopic (exact) mass is 378 g/mol. The zero-order chi connectivity index (χ0) is 14.5. The third-order valence-corrected chi connectivity index (χ3v) is 5.59. The van der Waals surface area contributed by atoms with Gasteiger partial charge >= 0.3 is 0 Å². The molecule has 0 radical (unpaired) electrons. The second kappa shape index (κ2) is 4.82. The number of sulfone groups is 1. The van der Waals surface area contributed by atoms with Crippen LogP contribution in [0.5, 0.6) is 0 Å². The lowest BCUT2D eigenvalue weighted by atomic mass is 10.2. The van der Waals surface area contributed by atoms with Gasteiger partial charge in [-0.15, -0.1) is 0 Å². The minimum atomic E-state index is -3.14. The Kier molecular flexibility index (Phi) is 3.38. The number of rotatable bonds is 1. The number of hydrogen-bond acceptors (Lipinski definition) is 3. The molecule has 0 aliphatic carbocycles. The maximum atomic E-state index is 14.0. The van der Waals surface area contributed by atoms with Gasteiger partial charge in [0, 0.05) is 16.5 Å². The van der Waals surface area contributed by atoms with E-state index in [0.29, 0.717) is 22.2 Å². The highest BCUT2D eigenvalue weighted by atomic mass is 79.9. The third-order valence-electron chi connectivity index (χ3n) is 3.16. The number of aryl methyl sites for hydroxylation is 1. The van der Waals surface area contributed by atoms with Crippen LogP contribution in [0.25, 0.3) is 5.69 Å². The first-order valence-corrected chi connectivity index (χ1v) is 8.79. The highest BCUT2D eigenvalue weighted by Gasteiger charge is 2.28. The van der Waals surface area contributed by atoms with Crippen LogP contribution in [0.3, 0.4) is 0 Å². The minimum Gasteiger partial charge on any atom is -0.228 e. The van der Waals surface area contributed by atoms with E-state index in [2.05, 4.69) is 21.0 Å². The van der Waals surface area contributed by atoms with Crippen molar-refractivity contribution in [3.63, 3.8) is 0 Å². The Balaban J connectivity index is 2.15. The van der Waals surface area contributed by atoms with Gasteiger partial charge in [-0.3, -0.25) is 0 Å². The minimum absolute atomic E-state index is 0.0517. The van der Waals surface area contributed by atoms with E-state index in [1.54, 1.807) is 6.07 Å². The quantitative estimate of drug-likeness (QED) is 0.765. The molecule has 20 heavy (non-hydrogen) atoms. The summed E-state index contributed by atoms with van der Waals surface area (Å²) in [6, 6.07) is 4.52. The fourth-order valence-electron chi connectivity index (χ4n) is 2.17. The Morgan fingerprint density at radius 1 is 1.40 bits per heavy atom. The Morgan fingerprint density at radius 3 is 2.85 bits per heavy atom. The maximum Gasteiger partial charge on any atom is 0.155 e. The number of benzene rings is 1. The van der Waals surface area contributed by atoms with Crippen LogP contribution in [0.1, 0.15) is 11.3 Å². The van der Waals surface area contributed by atoms with E-state index >= 15 is 0 Å². The molecular weight excluding hydrogens is 371 g/mol. The van der Waals surface area contributed by atoms with Crippen LogP contribution >= 0.6 is 27.5 Å². The molecule has 1 aromatic heterocycles. The van der Waals surface area contributed by atoms with Crippen molar-refractivity contribution in [1.82, 2.24) is 9.78 Å². The molecule has 0 unspecified atom stereocenters. The topological polar surface area (TPSA) is 52.0 Å². The van der Waals surface area contributed by atoms with Crippen molar-refractivity contribution in [3.05, 3.63) is 44.9 Å². The van der Waals surface area contributed by atoms with Gasteiger partial charge < -0.3 is 0 Å². The normalized spacial score (nSPS) is 16.9. The van der Waals surface area contributed by atoms with Crippen LogP contribution in [0, 0.1) is 5.82 Å². The summed E-state index contributed by atoms with van der Waals surface area (Å²) >= 11 is 9.35. The summed E-state index contributed by atoms with van der Waals surface area (Å²) in [5.74, 6) is -0.570. The smallest absolute Gasteiger partial charge is 0.155 e. The summed E-state index contributed by atoms with van der Waals surface area (Å²) in [4.78, 5) is 0. The van der Waals surface area contributed by atoms with Crippen molar-refractivity contribution in [3.8, 4) is 5.69 Å². The van der Waals surface area contributed by atoms with Crippen LogP contribution in [0.4, 0.5) is 4.39 Å². The van der Waals surface area contributed by atoms with Crippen molar-refractivity contribution in [2.24, 2.45) is 0 Å². The van der Waals surface area contributed by atoms with Crippen molar-refractivity contribution < 1.29 is 12.8 Å². The van der Waals surface area contributed by atoms with Gasteiger partial charge in [0.05, 0.1) is 17.2 Å². The van der Waals surface area contributed by atoms with Gasteiger partial charge in [0.2, 0.25) is 0 Å². The second-order valence-electron chi connectivity index (χ2n) is 4.57. The highest BCUT2D eigenvalue weighted by molar-refractivity contribution is 9.10. The summed E-state index contributed by atoms with van der Waals surface area (Å²) in [7, 11) is -3.14. The molecule has 2 aromatic rings. The first-order valence-electron chi connectivity index (χ1n) is 5.79. The maximum absolute atomic E-state index is 14.0. The van der Waals surface area contributed by atoms with E-state index in [1.165, 1.54) is 16.8 Å². The first-order chi connectivity index (χ1) is 9.37. The molecule has 4 nitrogen and oxygen atoms in total. The molecule has 0 spiro atoms. The van der Waals surface area contributed by atoms with Crippen molar-refractivity contribution in [1.29, 1.82) is 0 Å². The number of halogens is 3. The molecule has 2 heterocycles. The lowest BCUT2D eigenvalue weighted by Crippen LogP contribution is -2.18.